The molecule has 0 aromatic heterocycles. The van der Waals surface area contributed by atoms with Gasteiger partial charge in [-0.15, -0.1) is 0 Å². The Morgan fingerprint density at radius 3 is 1.98 bits per heavy atom. The van der Waals surface area contributed by atoms with Crippen molar-refractivity contribution in [1.29, 1.82) is 0 Å². The Hall–Kier alpha value is -3.41. The number of benzene rings is 2. The summed E-state index contributed by atoms with van der Waals surface area (Å²) in [4.78, 5) is 40.4. The second-order valence-electron chi connectivity index (χ2n) is 17.7. The average molecular weight is 681 g/mol. The molecule has 0 aliphatic heterocycles. The first kappa shape index (κ1) is 35.0. The average Bonchev–Trinajstić information content (AvgIpc) is 3.10. The van der Waals surface area contributed by atoms with E-state index in [9.17, 15) is 14.4 Å². The molecule has 0 heterocycles. The minimum Gasteiger partial charge on any atom is -0.469 e. The Bertz CT molecular complexity index is 1650. The van der Waals surface area contributed by atoms with Crippen molar-refractivity contribution < 1.29 is 28.6 Å². The molecular formula is C44H56O6. The highest BCUT2D eigenvalue weighted by molar-refractivity contribution is 5.90. The minimum absolute atomic E-state index is 0.00825. The van der Waals surface area contributed by atoms with Gasteiger partial charge in [0.15, 0.2) is 0 Å². The van der Waals surface area contributed by atoms with E-state index in [1.54, 1.807) is 29.8 Å². The Morgan fingerprint density at radius 1 is 0.740 bits per heavy atom. The summed E-state index contributed by atoms with van der Waals surface area (Å²) in [7, 11) is 1.54. The van der Waals surface area contributed by atoms with Gasteiger partial charge < -0.3 is 14.2 Å². The number of rotatable bonds is 5. The molecule has 5 aliphatic rings. The molecule has 2 aromatic carbocycles. The lowest BCUT2D eigenvalue weighted by molar-refractivity contribution is -0.230. The van der Waals surface area contributed by atoms with E-state index in [-0.39, 0.29) is 46.0 Å². The van der Waals surface area contributed by atoms with Crippen LogP contribution in [0.25, 0.3) is 0 Å². The first-order chi connectivity index (χ1) is 23.8. The number of carbonyl (C=O) groups is 3. The highest BCUT2D eigenvalue weighted by atomic mass is 16.6. The summed E-state index contributed by atoms with van der Waals surface area (Å²) in [6, 6.07) is 18.3. The van der Waals surface area contributed by atoms with Crippen LogP contribution in [-0.4, -0.2) is 37.2 Å². The van der Waals surface area contributed by atoms with Crippen molar-refractivity contribution in [3.05, 3.63) is 83.4 Å². The molecule has 11 atom stereocenters. The number of hydrogen-bond donors (Lipinski definition) is 0. The number of hydrogen-bond acceptors (Lipinski definition) is 6. The van der Waals surface area contributed by atoms with Crippen LogP contribution in [0.2, 0.25) is 0 Å². The van der Waals surface area contributed by atoms with Gasteiger partial charge in [0.2, 0.25) is 0 Å². The molecule has 0 N–H and O–H groups in total. The molecule has 268 valence electrons. The summed E-state index contributed by atoms with van der Waals surface area (Å²) >= 11 is 0. The number of allylic oxidation sites excluding steroid dienone is 2. The third kappa shape index (κ3) is 5.29. The molecule has 50 heavy (non-hydrogen) atoms. The lowest BCUT2D eigenvalue weighted by Crippen LogP contribution is -2.67. The van der Waals surface area contributed by atoms with Gasteiger partial charge in [0.05, 0.1) is 24.2 Å². The van der Waals surface area contributed by atoms with Crippen LogP contribution in [0.15, 0.2) is 72.3 Å². The number of esters is 3. The summed E-state index contributed by atoms with van der Waals surface area (Å²) in [6.07, 6.45) is 9.22. The van der Waals surface area contributed by atoms with Crippen molar-refractivity contribution in [2.24, 2.45) is 57.2 Å². The predicted octanol–water partition coefficient (Wildman–Crippen LogP) is 9.49. The number of ether oxygens (including phenoxy) is 3. The van der Waals surface area contributed by atoms with Gasteiger partial charge >= 0.3 is 17.9 Å². The molecule has 0 saturated heterocycles. The lowest BCUT2D eigenvalue weighted by Gasteiger charge is -2.71. The molecule has 0 spiro atoms. The standard InChI is InChI=1S/C44H56O6/c1-27-18-19-31(40(47)48-7)30-22-24-43(5)32(36(27)30)20-21-35-42(4)26-33(49-38(45)28-14-10-8-11-15-28)37(50-39(46)29-16-12-9-13-17-29)41(2,3)34(42)23-25-44(35,43)6/h8-17,20,27,30-31,33-37H,18-19,21-26H2,1-7H3/t27-,30-,31+,33+,34+,35-,36+,37-,42-,43+,44+/m0/s1. The molecule has 6 nitrogen and oxygen atoms in total. The van der Waals surface area contributed by atoms with Crippen LogP contribution in [0.1, 0.15) is 114 Å². The zero-order chi connectivity index (χ0) is 35.6. The van der Waals surface area contributed by atoms with Crippen molar-refractivity contribution >= 4 is 17.9 Å². The van der Waals surface area contributed by atoms with Crippen LogP contribution in [-0.2, 0) is 19.0 Å². The van der Waals surface area contributed by atoms with Crippen molar-refractivity contribution in [3.63, 3.8) is 0 Å². The zero-order valence-corrected chi connectivity index (χ0v) is 31.1. The number of methoxy groups -OCH3 is 1. The van der Waals surface area contributed by atoms with Crippen molar-refractivity contribution in [2.75, 3.05) is 7.11 Å². The Labute approximate surface area is 298 Å². The van der Waals surface area contributed by atoms with Gasteiger partial charge in [-0.05, 0) is 121 Å². The summed E-state index contributed by atoms with van der Waals surface area (Å²) in [5, 5.41) is 0. The molecular weight excluding hydrogens is 624 g/mol. The Balaban J connectivity index is 1.26. The maximum Gasteiger partial charge on any atom is 0.338 e. The summed E-state index contributed by atoms with van der Waals surface area (Å²) in [6.45, 7) is 14.4. The van der Waals surface area contributed by atoms with Crippen LogP contribution >= 0.6 is 0 Å². The number of fused-ring (bicyclic) bond motifs is 7. The van der Waals surface area contributed by atoms with E-state index in [1.807, 2.05) is 36.4 Å². The minimum atomic E-state index is -0.595. The van der Waals surface area contributed by atoms with Crippen LogP contribution < -0.4 is 0 Å². The van der Waals surface area contributed by atoms with E-state index in [2.05, 4.69) is 47.6 Å². The van der Waals surface area contributed by atoms with Crippen LogP contribution in [0, 0.1) is 57.2 Å². The van der Waals surface area contributed by atoms with Crippen molar-refractivity contribution in [2.45, 2.75) is 105 Å². The van der Waals surface area contributed by atoms with E-state index < -0.39 is 17.6 Å². The second kappa shape index (κ2) is 12.7. The van der Waals surface area contributed by atoms with Gasteiger partial charge in [0.1, 0.15) is 12.2 Å². The first-order valence-electron chi connectivity index (χ1n) is 19.1. The van der Waals surface area contributed by atoms with Gasteiger partial charge in [0.25, 0.3) is 0 Å². The Kier molecular flexibility index (Phi) is 8.87. The van der Waals surface area contributed by atoms with E-state index in [1.165, 1.54) is 7.11 Å². The molecule has 7 rings (SSSR count). The summed E-state index contributed by atoms with van der Waals surface area (Å²) in [5.74, 6) is 1.09. The Morgan fingerprint density at radius 2 is 1.36 bits per heavy atom. The van der Waals surface area contributed by atoms with Crippen molar-refractivity contribution in [1.82, 2.24) is 0 Å². The van der Waals surface area contributed by atoms with Gasteiger partial charge in [-0.25, -0.2) is 9.59 Å². The summed E-state index contributed by atoms with van der Waals surface area (Å²) < 4.78 is 18.3. The molecule has 0 unspecified atom stereocenters. The van der Waals surface area contributed by atoms with E-state index in [4.69, 9.17) is 14.2 Å². The fourth-order valence-corrected chi connectivity index (χ4v) is 12.8. The molecule has 0 bridgehead atoms. The molecule has 6 heteroatoms. The molecule has 0 radical (unpaired) electrons. The highest BCUT2D eigenvalue weighted by Gasteiger charge is 2.69. The maximum absolute atomic E-state index is 13.7. The second-order valence-corrected chi connectivity index (χ2v) is 17.7. The summed E-state index contributed by atoms with van der Waals surface area (Å²) in [5.41, 5.74) is 2.02. The van der Waals surface area contributed by atoms with E-state index >= 15 is 0 Å². The smallest absolute Gasteiger partial charge is 0.338 e. The van der Waals surface area contributed by atoms with Gasteiger partial charge in [-0.3, -0.25) is 4.79 Å². The maximum atomic E-state index is 13.7. The normalized spacial score (nSPS) is 40.0. The fourth-order valence-electron chi connectivity index (χ4n) is 12.8. The van der Waals surface area contributed by atoms with E-state index in [0.717, 1.165) is 44.9 Å². The third-order valence-electron chi connectivity index (χ3n) is 15.3. The molecule has 4 saturated carbocycles. The largest absolute Gasteiger partial charge is 0.469 e. The molecule has 5 aliphatic carbocycles. The van der Waals surface area contributed by atoms with Gasteiger partial charge in [-0.1, -0.05) is 89.6 Å². The molecule has 2 aromatic rings. The zero-order valence-electron chi connectivity index (χ0n) is 31.1. The number of carbonyl (C=O) groups excluding carboxylic acids is 3. The van der Waals surface area contributed by atoms with Gasteiger partial charge in [-0.2, -0.15) is 0 Å². The van der Waals surface area contributed by atoms with Crippen LogP contribution in [0.3, 0.4) is 0 Å². The van der Waals surface area contributed by atoms with Crippen LogP contribution in [0.5, 0.6) is 0 Å². The third-order valence-corrected chi connectivity index (χ3v) is 15.3. The highest BCUT2D eigenvalue weighted by Crippen LogP contribution is 2.74. The molecule has 0 amide bonds. The fraction of sp³-hybridized carbons (Fsp3) is 0.614. The quantitative estimate of drug-likeness (QED) is 0.178. The van der Waals surface area contributed by atoms with E-state index in [0.29, 0.717) is 41.2 Å². The predicted molar refractivity (Wildman–Crippen MR) is 193 cm³/mol. The topological polar surface area (TPSA) is 78.9 Å². The first-order valence-corrected chi connectivity index (χ1v) is 19.1. The van der Waals surface area contributed by atoms with Crippen LogP contribution in [0.4, 0.5) is 0 Å². The monoisotopic (exact) mass is 680 g/mol. The SMILES string of the molecule is COC(=O)[C@@H]1CC[C@H](C)[C@H]2C3=CC[C@H]4[C@@]5(C)C[C@@H](OC(=O)c6ccccc6)[C@H](OC(=O)c6ccccc6)C(C)(C)[C@H]5CC[C@@]4(C)[C@]3(C)CC[C@H]21. The van der Waals surface area contributed by atoms with Crippen molar-refractivity contribution in [3.8, 4) is 0 Å². The lowest BCUT2D eigenvalue weighted by atomic mass is 9.34. The van der Waals surface area contributed by atoms with Gasteiger partial charge in [0, 0.05) is 5.41 Å². The molecule has 4 fully saturated rings.